The number of hydrogen-bond donors (Lipinski definition) is 1. The van der Waals surface area contributed by atoms with Crippen molar-refractivity contribution in [1.29, 1.82) is 0 Å². The Labute approximate surface area is 85.0 Å². The smallest absolute Gasteiger partial charge is 0.323 e. The highest BCUT2D eigenvalue weighted by molar-refractivity contribution is 5.78. The molecular formula is C10H9FN2O2. The fraction of sp³-hybridized carbons (Fsp3) is 0.200. The summed E-state index contributed by atoms with van der Waals surface area (Å²) in [6.07, 6.45) is 0. The first-order valence-corrected chi connectivity index (χ1v) is 4.42. The first-order chi connectivity index (χ1) is 7.08. The highest BCUT2D eigenvalue weighted by Gasteiger charge is 2.10. The lowest BCUT2D eigenvalue weighted by molar-refractivity contribution is -0.137. The number of aromatic nitrogens is 2. The van der Waals surface area contributed by atoms with Crippen LogP contribution in [0.15, 0.2) is 18.2 Å². The van der Waals surface area contributed by atoms with E-state index in [1.807, 2.05) is 0 Å². The second-order valence-corrected chi connectivity index (χ2v) is 3.27. The van der Waals surface area contributed by atoms with Gasteiger partial charge in [0.05, 0.1) is 11.0 Å². The van der Waals surface area contributed by atoms with Crippen molar-refractivity contribution in [3.05, 3.63) is 29.8 Å². The molecule has 2 rings (SSSR count). The Kier molecular flexibility index (Phi) is 2.15. The number of nitrogens with zero attached hydrogens (tertiary/aromatic N) is 2. The van der Waals surface area contributed by atoms with Crippen LogP contribution in [0.4, 0.5) is 4.39 Å². The van der Waals surface area contributed by atoms with E-state index in [-0.39, 0.29) is 6.54 Å². The molecular weight excluding hydrogens is 199 g/mol. The molecule has 0 aliphatic heterocycles. The zero-order valence-corrected chi connectivity index (χ0v) is 8.07. The maximum Gasteiger partial charge on any atom is 0.323 e. The van der Waals surface area contributed by atoms with Crippen molar-refractivity contribution in [2.45, 2.75) is 13.5 Å². The van der Waals surface area contributed by atoms with Crippen molar-refractivity contribution in [3.8, 4) is 0 Å². The number of aryl methyl sites for hydroxylation is 1. The normalized spacial score (nSPS) is 10.8. The van der Waals surface area contributed by atoms with Crippen LogP contribution < -0.4 is 0 Å². The minimum atomic E-state index is -0.971. The Balaban J connectivity index is 2.65. The van der Waals surface area contributed by atoms with Gasteiger partial charge in [-0.05, 0) is 25.1 Å². The third-order valence-corrected chi connectivity index (χ3v) is 2.19. The predicted molar refractivity (Wildman–Crippen MR) is 52.1 cm³/mol. The van der Waals surface area contributed by atoms with Gasteiger partial charge in [0.1, 0.15) is 18.2 Å². The number of benzene rings is 1. The van der Waals surface area contributed by atoms with E-state index in [9.17, 15) is 9.18 Å². The van der Waals surface area contributed by atoms with Crippen molar-refractivity contribution in [2.24, 2.45) is 0 Å². The van der Waals surface area contributed by atoms with E-state index in [2.05, 4.69) is 4.98 Å². The fourth-order valence-corrected chi connectivity index (χ4v) is 1.55. The molecule has 0 spiro atoms. The first kappa shape index (κ1) is 9.64. The number of fused-ring (bicyclic) bond motifs is 1. The molecule has 0 radical (unpaired) electrons. The quantitative estimate of drug-likeness (QED) is 0.814. The molecule has 0 aliphatic rings. The van der Waals surface area contributed by atoms with Crippen LogP contribution in [0.3, 0.4) is 0 Å². The Bertz CT molecular complexity index is 533. The van der Waals surface area contributed by atoms with E-state index in [1.165, 1.54) is 22.8 Å². The number of halogens is 1. The van der Waals surface area contributed by atoms with Crippen molar-refractivity contribution in [3.63, 3.8) is 0 Å². The monoisotopic (exact) mass is 208 g/mol. The van der Waals surface area contributed by atoms with E-state index in [0.29, 0.717) is 16.9 Å². The minimum Gasteiger partial charge on any atom is -0.480 e. The van der Waals surface area contributed by atoms with Crippen molar-refractivity contribution in [1.82, 2.24) is 9.55 Å². The summed E-state index contributed by atoms with van der Waals surface area (Å²) in [5.41, 5.74) is 1.12. The lowest BCUT2D eigenvalue weighted by Crippen LogP contribution is -2.09. The molecule has 0 saturated heterocycles. The number of rotatable bonds is 2. The number of hydrogen-bond acceptors (Lipinski definition) is 2. The third-order valence-electron chi connectivity index (χ3n) is 2.19. The van der Waals surface area contributed by atoms with Crippen LogP contribution in [0, 0.1) is 12.7 Å². The molecule has 0 saturated carbocycles. The molecule has 78 valence electrons. The Morgan fingerprint density at radius 2 is 2.33 bits per heavy atom. The summed E-state index contributed by atoms with van der Waals surface area (Å²) >= 11 is 0. The molecule has 0 bridgehead atoms. The van der Waals surface area contributed by atoms with Gasteiger partial charge in [-0.3, -0.25) is 4.79 Å². The van der Waals surface area contributed by atoms with Gasteiger partial charge in [-0.25, -0.2) is 9.37 Å². The Morgan fingerprint density at radius 1 is 1.60 bits per heavy atom. The highest BCUT2D eigenvalue weighted by atomic mass is 19.1. The zero-order valence-electron chi connectivity index (χ0n) is 8.07. The molecule has 4 nitrogen and oxygen atoms in total. The van der Waals surface area contributed by atoms with Crippen LogP contribution in [0.1, 0.15) is 5.82 Å². The maximum absolute atomic E-state index is 13.0. The predicted octanol–water partition coefficient (Wildman–Crippen LogP) is 1.57. The van der Waals surface area contributed by atoms with Crippen molar-refractivity contribution in [2.75, 3.05) is 0 Å². The summed E-state index contributed by atoms with van der Waals surface area (Å²) in [5.74, 6) is -0.797. The van der Waals surface area contributed by atoms with Crippen LogP contribution in [-0.4, -0.2) is 20.6 Å². The van der Waals surface area contributed by atoms with E-state index >= 15 is 0 Å². The molecule has 1 N–H and O–H groups in total. The van der Waals surface area contributed by atoms with Gasteiger partial charge in [-0.1, -0.05) is 0 Å². The minimum absolute atomic E-state index is 0.203. The molecule has 15 heavy (non-hydrogen) atoms. The number of aliphatic carboxylic acids is 1. The van der Waals surface area contributed by atoms with Crippen molar-refractivity contribution < 1.29 is 14.3 Å². The lowest BCUT2D eigenvalue weighted by atomic mass is 10.3. The summed E-state index contributed by atoms with van der Waals surface area (Å²) < 4.78 is 14.4. The average molecular weight is 208 g/mol. The largest absolute Gasteiger partial charge is 0.480 e. The standard InChI is InChI=1S/C10H9FN2O2/c1-6-12-8-3-2-7(11)4-9(8)13(6)5-10(14)15/h2-4H,5H2,1H3,(H,14,15). The van der Waals surface area contributed by atoms with Gasteiger partial charge in [-0.15, -0.1) is 0 Å². The molecule has 0 amide bonds. The third kappa shape index (κ3) is 1.68. The van der Waals surface area contributed by atoms with Gasteiger partial charge in [-0.2, -0.15) is 0 Å². The van der Waals surface area contributed by atoms with E-state index in [4.69, 9.17) is 5.11 Å². The van der Waals surface area contributed by atoms with Crippen LogP contribution in [0.5, 0.6) is 0 Å². The number of carbonyl (C=O) groups is 1. The van der Waals surface area contributed by atoms with Gasteiger partial charge in [0.2, 0.25) is 0 Å². The molecule has 5 heteroatoms. The Hall–Kier alpha value is -1.91. The van der Waals surface area contributed by atoms with Crippen LogP contribution >= 0.6 is 0 Å². The molecule has 2 aromatic rings. The lowest BCUT2D eigenvalue weighted by Gasteiger charge is -2.01. The summed E-state index contributed by atoms with van der Waals surface area (Å²) in [5, 5.41) is 8.70. The summed E-state index contributed by atoms with van der Waals surface area (Å²) in [6.45, 7) is 1.49. The van der Waals surface area contributed by atoms with E-state index < -0.39 is 11.8 Å². The summed E-state index contributed by atoms with van der Waals surface area (Å²) in [4.78, 5) is 14.7. The summed E-state index contributed by atoms with van der Waals surface area (Å²) in [7, 11) is 0. The van der Waals surface area contributed by atoms with E-state index in [1.54, 1.807) is 6.92 Å². The molecule has 1 aromatic heterocycles. The molecule has 0 unspecified atom stereocenters. The first-order valence-electron chi connectivity index (χ1n) is 4.42. The second-order valence-electron chi connectivity index (χ2n) is 3.27. The van der Waals surface area contributed by atoms with Crippen LogP contribution in [0.2, 0.25) is 0 Å². The van der Waals surface area contributed by atoms with Gasteiger partial charge >= 0.3 is 5.97 Å². The van der Waals surface area contributed by atoms with Gasteiger partial charge in [0.25, 0.3) is 0 Å². The average Bonchev–Trinajstić information content (AvgIpc) is 2.43. The van der Waals surface area contributed by atoms with Crippen LogP contribution in [-0.2, 0) is 11.3 Å². The van der Waals surface area contributed by atoms with Gasteiger partial charge < -0.3 is 9.67 Å². The fourth-order valence-electron chi connectivity index (χ4n) is 1.55. The Morgan fingerprint density at radius 3 is 3.00 bits per heavy atom. The molecule has 0 atom stereocenters. The molecule has 1 aromatic carbocycles. The summed E-state index contributed by atoms with van der Waals surface area (Å²) in [6, 6.07) is 4.13. The molecule has 0 fully saturated rings. The molecule has 0 aliphatic carbocycles. The van der Waals surface area contributed by atoms with Gasteiger partial charge in [0.15, 0.2) is 0 Å². The molecule has 1 heterocycles. The second kappa shape index (κ2) is 3.34. The maximum atomic E-state index is 13.0. The SMILES string of the molecule is Cc1nc2ccc(F)cc2n1CC(=O)O. The van der Waals surface area contributed by atoms with E-state index in [0.717, 1.165) is 0 Å². The van der Waals surface area contributed by atoms with Gasteiger partial charge in [0, 0.05) is 0 Å². The van der Waals surface area contributed by atoms with Crippen molar-refractivity contribution >= 4 is 17.0 Å². The van der Waals surface area contributed by atoms with Crippen LogP contribution in [0.25, 0.3) is 11.0 Å². The highest BCUT2D eigenvalue weighted by Crippen LogP contribution is 2.16. The number of carboxylic acids is 1. The number of imidazole rings is 1. The number of carboxylic acid groups (broad SMARTS) is 1. The zero-order chi connectivity index (χ0) is 11.0. The topological polar surface area (TPSA) is 55.1 Å².